The van der Waals surface area contributed by atoms with Gasteiger partial charge in [-0.15, -0.1) is 5.10 Å². The third-order valence-corrected chi connectivity index (χ3v) is 4.33. The summed E-state index contributed by atoms with van der Waals surface area (Å²) in [6.07, 6.45) is 2.30. The van der Waals surface area contributed by atoms with Crippen molar-refractivity contribution in [2.75, 3.05) is 25.4 Å². The number of ether oxygens (including phenoxy) is 1. The number of quaternary nitrogens is 1. The summed E-state index contributed by atoms with van der Waals surface area (Å²) in [4.78, 5) is 13.5. The first-order valence-corrected chi connectivity index (χ1v) is 8.13. The highest BCUT2D eigenvalue weighted by Gasteiger charge is 2.29. The van der Waals surface area contributed by atoms with Gasteiger partial charge in [-0.2, -0.15) is 4.68 Å². The third-order valence-electron chi connectivity index (χ3n) is 4.33. The maximum Gasteiger partial charge on any atom is 0.361 e. The highest BCUT2D eigenvalue weighted by atomic mass is 16.6. The van der Waals surface area contributed by atoms with Crippen LogP contribution in [0.25, 0.3) is 5.82 Å². The Hall–Kier alpha value is -2.49. The van der Waals surface area contributed by atoms with E-state index >= 15 is 0 Å². The van der Waals surface area contributed by atoms with E-state index in [1.807, 2.05) is 0 Å². The van der Waals surface area contributed by atoms with Crippen molar-refractivity contribution in [2.24, 2.45) is 5.92 Å². The molecule has 1 saturated heterocycles. The lowest BCUT2D eigenvalue weighted by molar-refractivity contribution is -0.920. The normalized spacial score (nSPS) is 20.9. The Bertz CT molecular complexity index is 703. The lowest BCUT2D eigenvalue weighted by atomic mass is 9.99. The minimum absolute atomic E-state index is 0.0961. The van der Waals surface area contributed by atoms with Crippen molar-refractivity contribution < 1.29 is 19.1 Å². The van der Waals surface area contributed by atoms with Crippen LogP contribution in [0.15, 0.2) is 4.63 Å². The third kappa shape index (κ3) is 3.23. The Labute approximate surface area is 138 Å². The van der Waals surface area contributed by atoms with Gasteiger partial charge in [0.1, 0.15) is 12.2 Å². The van der Waals surface area contributed by atoms with Gasteiger partial charge in [0, 0.05) is 0 Å². The Balaban J connectivity index is 1.92. The molecule has 3 heterocycles. The van der Waals surface area contributed by atoms with E-state index in [9.17, 15) is 4.79 Å². The number of nitrogen functional groups attached to an aromatic ring is 1. The second kappa shape index (κ2) is 6.95. The van der Waals surface area contributed by atoms with Crippen LogP contribution in [-0.2, 0) is 11.3 Å². The molecule has 0 atom stereocenters. The van der Waals surface area contributed by atoms with E-state index in [4.69, 9.17) is 10.5 Å². The number of likely N-dealkylation sites (tertiary alicyclic amines) is 1. The second-order valence-corrected chi connectivity index (χ2v) is 6.10. The lowest BCUT2D eigenvalue weighted by Crippen LogP contribution is -3.11. The highest BCUT2D eigenvalue weighted by molar-refractivity contribution is 5.88. The van der Waals surface area contributed by atoms with Crippen molar-refractivity contribution >= 4 is 11.8 Å². The fourth-order valence-corrected chi connectivity index (χ4v) is 2.91. The monoisotopic (exact) mass is 336 g/mol. The number of esters is 1. The van der Waals surface area contributed by atoms with Gasteiger partial charge in [0.25, 0.3) is 0 Å². The summed E-state index contributed by atoms with van der Waals surface area (Å²) >= 11 is 0. The summed E-state index contributed by atoms with van der Waals surface area (Å²) in [6.45, 7) is 6.92. The van der Waals surface area contributed by atoms with Crippen molar-refractivity contribution in [3.8, 4) is 5.82 Å². The van der Waals surface area contributed by atoms with Crippen molar-refractivity contribution in [3.63, 3.8) is 0 Å². The molecule has 10 nitrogen and oxygen atoms in total. The molecule has 2 aromatic heterocycles. The molecule has 0 aromatic carbocycles. The maximum absolute atomic E-state index is 12.2. The van der Waals surface area contributed by atoms with Gasteiger partial charge in [-0.25, -0.2) is 9.42 Å². The van der Waals surface area contributed by atoms with Crippen LogP contribution in [0, 0.1) is 5.92 Å². The largest absolute Gasteiger partial charge is 0.461 e. The van der Waals surface area contributed by atoms with E-state index in [0.717, 1.165) is 31.8 Å². The van der Waals surface area contributed by atoms with E-state index in [-0.39, 0.29) is 23.9 Å². The van der Waals surface area contributed by atoms with E-state index in [2.05, 4.69) is 32.2 Å². The lowest BCUT2D eigenvalue weighted by Gasteiger charge is -2.27. The van der Waals surface area contributed by atoms with E-state index in [1.54, 1.807) is 6.92 Å². The summed E-state index contributed by atoms with van der Waals surface area (Å²) < 4.78 is 11.1. The summed E-state index contributed by atoms with van der Waals surface area (Å²) in [5, 5.41) is 15.3. The molecule has 2 aromatic rings. The number of carbonyl (C=O) groups excluding carboxylic acids is 1. The molecule has 0 radical (unpaired) electrons. The molecule has 0 amide bonds. The Morgan fingerprint density at radius 1 is 1.42 bits per heavy atom. The predicted molar refractivity (Wildman–Crippen MR) is 82.4 cm³/mol. The minimum atomic E-state index is -0.501. The number of aromatic nitrogens is 5. The number of rotatable bonds is 5. The average molecular weight is 336 g/mol. The maximum atomic E-state index is 12.2. The molecule has 130 valence electrons. The molecule has 3 N–H and O–H groups in total. The summed E-state index contributed by atoms with van der Waals surface area (Å²) in [6, 6.07) is 0. The zero-order valence-electron chi connectivity index (χ0n) is 13.9. The standard InChI is InChI=1S/C14H21N7O3/c1-3-23-14(22)11-10(8-20-6-4-9(2)5-7-20)21(19-16-11)13-12(15)17-24-18-13/h9H,3-8H2,1-2H3,(H2,15,17)/p+1. The number of piperidine rings is 1. The first-order chi connectivity index (χ1) is 11.6. The minimum Gasteiger partial charge on any atom is -0.461 e. The van der Waals surface area contributed by atoms with Crippen molar-refractivity contribution in [3.05, 3.63) is 11.4 Å². The Kier molecular flexibility index (Phi) is 4.74. The van der Waals surface area contributed by atoms with E-state index < -0.39 is 5.97 Å². The number of anilines is 1. The molecule has 0 aliphatic carbocycles. The van der Waals surface area contributed by atoms with Crippen LogP contribution >= 0.6 is 0 Å². The molecule has 1 aliphatic heterocycles. The molecule has 24 heavy (non-hydrogen) atoms. The zero-order valence-corrected chi connectivity index (χ0v) is 13.9. The topological polar surface area (TPSA) is 126 Å². The Morgan fingerprint density at radius 3 is 2.79 bits per heavy atom. The van der Waals surface area contributed by atoms with Gasteiger partial charge < -0.3 is 15.4 Å². The first kappa shape index (κ1) is 16.4. The number of hydrogen-bond acceptors (Lipinski definition) is 8. The molecule has 0 bridgehead atoms. The van der Waals surface area contributed by atoms with Crippen molar-refractivity contribution in [1.82, 2.24) is 25.3 Å². The molecule has 0 spiro atoms. The second-order valence-electron chi connectivity index (χ2n) is 6.10. The van der Waals surface area contributed by atoms with Crippen LogP contribution in [0.1, 0.15) is 42.9 Å². The molecule has 0 unspecified atom stereocenters. The van der Waals surface area contributed by atoms with E-state index in [1.165, 1.54) is 9.58 Å². The van der Waals surface area contributed by atoms with Gasteiger partial charge in [-0.1, -0.05) is 12.1 Å². The van der Waals surface area contributed by atoms with Crippen LogP contribution in [0.2, 0.25) is 0 Å². The molecule has 1 aliphatic rings. The highest BCUT2D eigenvalue weighted by Crippen LogP contribution is 2.16. The molecular formula is C14H22N7O3+. The van der Waals surface area contributed by atoms with Crippen LogP contribution in [0.4, 0.5) is 5.82 Å². The summed E-state index contributed by atoms with van der Waals surface area (Å²) in [5.74, 6) is 0.562. The van der Waals surface area contributed by atoms with Gasteiger partial charge in [0.2, 0.25) is 11.6 Å². The van der Waals surface area contributed by atoms with Crippen LogP contribution < -0.4 is 10.6 Å². The number of nitrogens with zero attached hydrogens (tertiary/aromatic N) is 5. The molecule has 10 heteroatoms. The number of nitrogens with one attached hydrogen (secondary N) is 1. The van der Waals surface area contributed by atoms with Crippen molar-refractivity contribution in [2.45, 2.75) is 33.2 Å². The fourth-order valence-electron chi connectivity index (χ4n) is 2.91. The Morgan fingerprint density at radius 2 is 2.17 bits per heavy atom. The first-order valence-electron chi connectivity index (χ1n) is 8.13. The number of nitrogens with two attached hydrogens (primary N) is 1. The van der Waals surface area contributed by atoms with Crippen LogP contribution in [-0.4, -0.2) is 51.0 Å². The van der Waals surface area contributed by atoms with Crippen LogP contribution in [0.5, 0.6) is 0 Å². The van der Waals surface area contributed by atoms with Gasteiger partial charge in [0.15, 0.2) is 5.69 Å². The van der Waals surface area contributed by atoms with Gasteiger partial charge in [-0.3, -0.25) is 0 Å². The molecule has 1 fully saturated rings. The van der Waals surface area contributed by atoms with Gasteiger partial charge in [0.05, 0.1) is 19.7 Å². The quantitative estimate of drug-likeness (QED) is 0.681. The predicted octanol–water partition coefficient (Wildman–Crippen LogP) is -0.776. The summed E-state index contributed by atoms with van der Waals surface area (Å²) in [5.41, 5.74) is 6.55. The molecule has 0 saturated carbocycles. The van der Waals surface area contributed by atoms with E-state index in [0.29, 0.717) is 12.2 Å². The molecule has 3 rings (SSSR count). The number of hydrogen-bond donors (Lipinski definition) is 2. The molecular weight excluding hydrogens is 314 g/mol. The van der Waals surface area contributed by atoms with Crippen LogP contribution in [0.3, 0.4) is 0 Å². The SMILES string of the molecule is CCOC(=O)c1nnn(-c2nonc2N)c1C[NH+]1CCC(C)CC1. The average Bonchev–Trinajstić information content (AvgIpc) is 3.16. The van der Waals surface area contributed by atoms with Gasteiger partial charge >= 0.3 is 5.97 Å². The zero-order chi connectivity index (χ0) is 17.1. The summed E-state index contributed by atoms with van der Waals surface area (Å²) in [7, 11) is 0. The fraction of sp³-hybridized carbons (Fsp3) is 0.643. The van der Waals surface area contributed by atoms with Gasteiger partial charge in [-0.05, 0) is 36.0 Å². The number of carbonyl (C=O) groups is 1. The smallest absolute Gasteiger partial charge is 0.361 e. The van der Waals surface area contributed by atoms with Crippen molar-refractivity contribution in [1.29, 1.82) is 0 Å².